The van der Waals surface area contributed by atoms with Crippen molar-refractivity contribution in [1.82, 2.24) is 4.90 Å². The molecule has 0 amide bonds. The van der Waals surface area contributed by atoms with Crippen LogP contribution in [0.15, 0.2) is 0 Å². The van der Waals surface area contributed by atoms with E-state index in [2.05, 4.69) is 13.8 Å². The zero-order valence-corrected chi connectivity index (χ0v) is 11.0. The second-order valence-electron chi connectivity index (χ2n) is 5.45. The number of ether oxygens (including phenoxy) is 1. The average molecular weight is 227 g/mol. The van der Waals surface area contributed by atoms with Crippen LogP contribution in [0, 0.1) is 5.92 Å². The summed E-state index contributed by atoms with van der Waals surface area (Å²) in [4.78, 5) is 14.0. The fourth-order valence-corrected chi connectivity index (χ4v) is 2.21. The van der Waals surface area contributed by atoms with Crippen molar-refractivity contribution in [1.29, 1.82) is 0 Å². The van der Waals surface area contributed by atoms with Crippen molar-refractivity contribution in [2.24, 2.45) is 5.92 Å². The minimum atomic E-state index is -0.0828. The van der Waals surface area contributed by atoms with Crippen LogP contribution in [0.25, 0.3) is 0 Å². The number of nitrogens with zero attached hydrogens (tertiary/aromatic N) is 1. The molecule has 1 fully saturated rings. The molecule has 1 rings (SSSR count). The molecule has 1 atom stereocenters. The Morgan fingerprint density at radius 2 is 1.88 bits per heavy atom. The monoisotopic (exact) mass is 227 g/mol. The third-order valence-electron chi connectivity index (χ3n) is 3.18. The van der Waals surface area contributed by atoms with Gasteiger partial charge < -0.3 is 4.74 Å². The van der Waals surface area contributed by atoms with Gasteiger partial charge in [0.2, 0.25) is 0 Å². The van der Waals surface area contributed by atoms with Crippen LogP contribution in [-0.2, 0) is 9.53 Å². The molecule has 1 aliphatic rings. The number of esters is 1. The van der Waals surface area contributed by atoms with Crippen LogP contribution in [0.5, 0.6) is 0 Å². The number of rotatable bonds is 5. The summed E-state index contributed by atoms with van der Waals surface area (Å²) in [6.45, 7) is 4.28. The van der Waals surface area contributed by atoms with Crippen LogP contribution in [0.2, 0.25) is 0 Å². The van der Waals surface area contributed by atoms with Gasteiger partial charge in [-0.1, -0.05) is 13.8 Å². The minimum absolute atomic E-state index is 0.0365. The van der Waals surface area contributed by atoms with E-state index < -0.39 is 0 Å². The maximum atomic E-state index is 12.0. The number of carbonyl (C=O) groups excluding carboxylic acids is 1. The Bertz CT molecular complexity index is 220. The van der Waals surface area contributed by atoms with Crippen molar-refractivity contribution in [2.45, 2.75) is 58.1 Å². The fraction of sp³-hybridized carbons (Fsp3) is 0.923. The highest BCUT2D eigenvalue weighted by Crippen LogP contribution is 2.22. The molecule has 94 valence electrons. The fourth-order valence-electron chi connectivity index (χ4n) is 2.21. The lowest BCUT2D eigenvalue weighted by Crippen LogP contribution is -2.39. The Morgan fingerprint density at radius 1 is 1.31 bits per heavy atom. The molecule has 3 nitrogen and oxygen atoms in total. The molecule has 3 heteroatoms. The zero-order valence-electron chi connectivity index (χ0n) is 11.0. The first kappa shape index (κ1) is 13.5. The first-order valence-corrected chi connectivity index (χ1v) is 6.37. The lowest BCUT2D eigenvalue weighted by molar-refractivity contribution is -0.154. The summed E-state index contributed by atoms with van der Waals surface area (Å²) in [5, 5.41) is 0. The lowest BCUT2D eigenvalue weighted by Gasteiger charge is -2.25. The Labute approximate surface area is 99.1 Å². The topological polar surface area (TPSA) is 29.5 Å². The third-order valence-corrected chi connectivity index (χ3v) is 3.18. The van der Waals surface area contributed by atoms with Crippen LogP contribution >= 0.6 is 0 Å². The van der Waals surface area contributed by atoms with Crippen LogP contribution in [0.3, 0.4) is 0 Å². The van der Waals surface area contributed by atoms with Crippen molar-refractivity contribution in [3.8, 4) is 0 Å². The predicted octanol–water partition coefficient (Wildman–Crippen LogP) is 2.45. The largest absolute Gasteiger partial charge is 0.461 e. The molecule has 1 saturated carbocycles. The van der Waals surface area contributed by atoms with Gasteiger partial charge in [-0.2, -0.15) is 0 Å². The van der Waals surface area contributed by atoms with E-state index in [4.69, 9.17) is 4.74 Å². The Kier molecular flexibility index (Phi) is 5.26. The predicted molar refractivity (Wildman–Crippen MR) is 65.3 cm³/mol. The van der Waals surface area contributed by atoms with Crippen molar-refractivity contribution in [2.75, 3.05) is 14.1 Å². The summed E-state index contributed by atoms with van der Waals surface area (Å²) < 4.78 is 5.56. The van der Waals surface area contributed by atoms with Gasteiger partial charge in [-0.3, -0.25) is 9.69 Å². The Balaban J connectivity index is 2.46. The molecule has 0 bridgehead atoms. The van der Waals surface area contributed by atoms with Gasteiger partial charge >= 0.3 is 5.97 Å². The summed E-state index contributed by atoms with van der Waals surface area (Å²) in [5.74, 6) is 0.481. The van der Waals surface area contributed by atoms with E-state index in [1.165, 1.54) is 12.8 Å². The molecule has 0 aromatic heterocycles. The summed E-state index contributed by atoms with van der Waals surface area (Å²) in [7, 11) is 3.89. The van der Waals surface area contributed by atoms with Crippen LogP contribution < -0.4 is 0 Å². The summed E-state index contributed by atoms with van der Waals surface area (Å²) in [6, 6.07) is -0.0828. The van der Waals surface area contributed by atoms with Crippen molar-refractivity contribution in [3.05, 3.63) is 0 Å². The average Bonchev–Trinajstić information content (AvgIpc) is 2.65. The smallest absolute Gasteiger partial charge is 0.323 e. The minimum Gasteiger partial charge on any atom is -0.461 e. The van der Waals surface area contributed by atoms with Gasteiger partial charge in [0.1, 0.15) is 12.1 Å². The van der Waals surface area contributed by atoms with Crippen LogP contribution in [0.1, 0.15) is 46.0 Å². The molecule has 0 N–H and O–H groups in total. The summed E-state index contributed by atoms with van der Waals surface area (Å²) >= 11 is 0. The second kappa shape index (κ2) is 6.24. The molecule has 0 radical (unpaired) electrons. The van der Waals surface area contributed by atoms with E-state index in [-0.39, 0.29) is 18.1 Å². The molecule has 1 aliphatic carbocycles. The maximum Gasteiger partial charge on any atom is 0.323 e. The molecule has 0 spiro atoms. The van der Waals surface area contributed by atoms with E-state index in [9.17, 15) is 4.79 Å². The molecule has 0 heterocycles. The highest BCUT2D eigenvalue weighted by atomic mass is 16.5. The molecule has 0 unspecified atom stereocenters. The number of carbonyl (C=O) groups is 1. The Morgan fingerprint density at radius 3 is 2.31 bits per heavy atom. The number of hydrogen-bond acceptors (Lipinski definition) is 3. The van der Waals surface area contributed by atoms with Gasteiger partial charge in [-0.25, -0.2) is 0 Å². The van der Waals surface area contributed by atoms with Crippen LogP contribution in [0.4, 0.5) is 0 Å². The van der Waals surface area contributed by atoms with Crippen LogP contribution in [-0.4, -0.2) is 37.1 Å². The summed E-state index contributed by atoms with van der Waals surface area (Å²) in [6.07, 6.45) is 5.56. The molecule has 0 aromatic rings. The van der Waals surface area contributed by atoms with Gasteiger partial charge in [0.25, 0.3) is 0 Å². The van der Waals surface area contributed by atoms with Crippen molar-refractivity contribution < 1.29 is 9.53 Å². The van der Waals surface area contributed by atoms with E-state index in [1.54, 1.807) is 0 Å². The van der Waals surface area contributed by atoms with E-state index in [0.29, 0.717) is 5.92 Å². The van der Waals surface area contributed by atoms with Crippen molar-refractivity contribution >= 4 is 5.97 Å². The van der Waals surface area contributed by atoms with Gasteiger partial charge in [0.15, 0.2) is 0 Å². The zero-order chi connectivity index (χ0) is 12.1. The number of hydrogen-bond donors (Lipinski definition) is 0. The Hall–Kier alpha value is -0.570. The van der Waals surface area contributed by atoms with E-state index >= 15 is 0 Å². The highest BCUT2D eigenvalue weighted by molar-refractivity contribution is 5.75. The van der Waals surface area contributed by atoms with Gasteiger partial charge in [-0.05, 0) is 52.1 Å². The van der Waals surface area contributed by atoms with E-state index in [0.717, 1.165) is 19.3 Å². The van der Waals surface area contributed by atoms with Gasteiger partial charge in [0.05, 0.1) is 0 Å². The first-order chi connectivity index (χ1) is 7.50. The molecule has 0 aromatic carbocycles. The standard InChI is InChI=1S/C13H25NO2/c1-10(2)9-12(14(3)4)13(15)16-11-7-5-6-8-11/h10-12H,5-9H2,1-4H3/t12-/m0/s1. The summed E-state index contributed by atoms with van der Waals surface area (Å²) in [5.41, 5.74) is 0. The SMILES string of the molecule is CC(C)C[C@@H](C(=O)OC1CCCC1)N(C)C. The molecule has 16 heavy (non-hydrogen) atoms. The van der Waals surface area contributed by atoms with Crippen molar-refractivity contribution in [3.63, 3.8) is 0 Å². The second-order valence-corrected chi connectivity index (χ2v) is 5.45. The van der Waals surface area contributed by atoms with Gasteiger partial charge in [0, 0.05) is 0 Å². The lowest BCUT2D eigenvalue weighted by atomic mass is 10.0. The molecular weight excluding hydrogens is 202 g/mol. The molecular formula is C13H25NO2. The van der Waals surface area contributed by atoms with E-state index in [1.807, 2.05) is 19.0 Å². The maximum absolute atomic E-state index is 12.0. The van der Waals surface area contributed by atoms with Gasteiger partial charge in [-0.15, -0.1) is 0 Å². The highest BCUT2D eigenvalue weighted by Gasteiger charge is 2.27. The molecule has 0 aliphatic heterocycles. The quantitative estimate of drug-likeness (QED) is 0.676. The number of likely N-dealkylation sites (N-methyl/N-ethyl adjacent to an activating group) is 1. The first-order valence-electron chi connectivity index (χ1n) is 6.37. The molecule has 0 saturated heterocycles. The third kappa shape index (κ3) is 4.12. The normalized spacial score (nSPS) is 19.4.